The minimum Gasteiger partial charge on any atom is -0.300 e. The lowest BCUT2D eigenvalue weighted by Gasteiger charge is -2.31. The van der Waals surface area contributed by atoms with Crippen molar-refractivity contribution in [3.63, 3.8) is 0 Å². The SMILES string of the molecule is CC(=O)C(c1c(C)cc(C(F)(F)F)cc1NS(=O)(=O)c1ccccc1)[Si](C)(C)C. The summed E-state index contributed by atoms with van der Waals surface area (Å²) >= 11 is 0. The lowest BCUT2D eigenvalue weighted by Crippen LogP contribution is -2.37. The first-order valence-electron chi connectivity index (χ1n) is 8.94. The summed E-state index contributed by atoms with van der Waals surface area (Å²) in [6.45, 7) is 8.62. The van der Waals surface area contributed by atoms with Gasteiger partial charge in [-0.25, -0.2) is 8.42 Å². The first-order valence-corrected chi connectivity index (χ1v) is 14.0. The second-order valence-corrected chi connectivity index (χ2v) is 15.1. The summed E-state index contributed by atoms with van der Waals surface area (Å²) in [4.78, 5) is 12.4. The summed E-state index contributed by atoms with van der Waals surface area (Å²) in [5.74, 6) is -0.202. The van der Waals surface area contributed by atoms with Crippen molar-refractivity contribution < 1.29 is 26.4 Å². The van der Waals surface area contributed by atoms with Gasteiger partial charge in [-0.15, -0.1) is 0 Å². The fraction of sp³-hybridized carbons (Fsp3) is 0.350. The average molecular weight is 444 g/mol. The average Bonchev–Trinajstić information content (AvgIpc) is 2.55. The minimum atomic E-state index is -4.65. The van der Waals surface area contributed by atoms with Crippen molar-refractivity contribution in [3.05, 3.63) is 59.2 Å². The van der Waals surface area contributed by atoms with Crippen molar-refractivity contribution in [2.45, 2.75) is 50.1 Å². The number of rotatable bonds is 6. The molecule has 2 aromatic rings. The van der Waals surface area contributed by atoms with Crippen molar-refractivity contribution in [2.24, 2.45) is 0 Å². The maximum absolute atomic E-state index is 13.4. The highest BCUT2D eigenvalue weighted by Gasteiger charge is 2.38. The van der Waals surface area contributed by atoms with Crippen molar-refractivity contribution in [1.29, 1.82) is 0 Å². The highest BCUT2D eigenvalue weighted by Crippen LogP contribution is 2.40. The van der Waals surface area contributed by atoms with Crippen LogP contribution in [0.1, 0.15) is 29.2 Å². The predicted octanol–water partition coefficient (Wildman–Crippen LogP) is 5.36. The number of aryl methyl sites for hydroxylation is 1. The number of Topliss-reactive ketones (excluding diaryl/α,β-unsaturated/α-hetero) is 1. The van der Waals surface area contributed by atoms with Crippen molar-refractivity contribution in [1.82, 2.24) is 0 Å². The van der Waals surface area contributed by atoms with E-state index in [0.717, 1.165) is 12.1 Å². The molecule has 4 nitrogen and oxygen atoms in total. The molecule has 0 aliphatic heterocycles. The van der Waals surface area contributed by atoms with Crippen LogP contribution in [0, 0.1) is 6.92 Å². The maximum Gasteiger partial charge on any atom is 0.416 e. The van der Waals surface area contributed by atoms with Crippen LogP contribution in [0.25, 0.3) is 0 Å². The molecule has 0 radical (unpaired) electrons. The van der Waals surface area contributed by atoms with Crippen molar-refractivity contribution >= 4 is 29.6 Å². The molecule has 0 spiro atoms. The molecule has 0 fully saturated rings. The fourth-order valence-electron chi connectivity index (χ4n) is 3.48. The number of carbonyl (C=O) groups excluding carboxylic acids is 1. The third kappa shape index (κ3) is 5.27. The molecule has 0 aliphatic rings. The Kier molecular flexibility index (Phi) is 6.34. The smallest absolute Gasteiger partial charge is 0.300 e. The third-order valence-electron chi connectivity index (χ3n) is 4.57. The van der Waals surface area contributed by atoms with E-state index in [0.29, 0.717) is 5.56 Å². The zero-order valence-corrected chi connectivity index (χ0v) is 18.7. The Morgan fingerprint density at radius 1 is 1.07 bits per heavy atom. The van der Waals surface area contributed by atoms with E-state index in [4.69, 9.17) is 0 Å². The van der Waals surface area contributed by atoms with Crippen LogP contribution in [0.15, 0.2) is 47.4 Å². The van der Waals surface area contributed by atoms with Gasteiger partial charge in [0, 0.05) is 5.54 Å². The second kappa shape index (κ2) is 7.95. The summed E-state index contributed by atoms with van der Waals surface area (Å²) in [6.07, 6.45) is -4.65. The molecule has 0 aromatic heterocycles. The van der Waals surface area contributed by atoms with Gasteiger partial charge in [0.25, 0.3) is 10.0 Å². The Bertz CT molecular complexity index is 1010. The normalized spacial score (nSPS) is 13.8. The van der Waals surface area contributed by atoms with Gasteiger partial charge in [-0.1, -0.05) is 37.8 Å². The van der Waals surface area contributed by atoms with E-state index in [1.54, 1.807) is 6.07 Å². The molecule has 0 saturated carbocycles. The van der Waals surface area contributed by atoms with Crippen LogP contribution in [0.4, 0.5) is 18.9 Å². The van der Waals surface area contributed by atoms with Crippen LogP contribution in [-0.4, -0.2) is 22.3 Å². The molecule has 29 heavy (non-hydrogen) atoms. The van der Waals surface area contributed by atoms with Crippen LogP contribution >= 0.6 is 0 Å². The second-order valence-electron chi connectivity index (χ2n) is 8.08. The van der Waals surface area contributed by atoms with Gasteiger partial charge >= 0.3 is 6.18 Å². The van der Waals surface area contributed by atoms with Gasteiger partial charge in [-0.3, -0.25) is 9.52 Å². The molecule has 158 valence electrons. The summed E-state index contributed by atoms with van der Waals surface area (Å²) in [7, 11) is -6.37. The molecular weight excluding hydrogens is 419 g/mol. The molecule has 9 heteroatoms. The highest BCUT2D eigenvalue weighted by atomic mass is 32.2. The largest absolute Gasteiger partial charge is 0.416 e. The predicted molar refractivity (Wildman–Crippen MR) is 110 cm³/mol. The van der Waals surface area contributed by atoms with Crippen LogP contribution in [-0.2, 0) is 21.0 Å². The first-order chi connectivity index (χ1) is 13.1. The van der Waals surface area contributed by atoms with E-state index in [9.17, 15) is 26.4 Å². The van der Waals surface area contributed by atoms with Crippen molar-refractivity contribution in [2.75, 3.05) is 4.72 Å². The van der Waals surface area contributed by atoms with E-state index in [2.05, 4.69) is 4.72 Å². The van der Waals surface area contributed by atoms with E-state index in [-0.39, 0.29) is 21.9 Å². The highest BCUT2D eigenvalue weighted by molar-refractivity contribution is 7.92. The topological polar surface area (TPSA) is 63.2 Å². The summed E-state index contributed by atoms with van der Waals surface area (Å²) in [6, 6.07) is 9.12. The van der Waals surface area contributed by atoms with E-state index in [1.807, 2.05) is 19.6 Å². The first kappa shape index (κ1) is 23.1. The number of anilines is 1. The molecule has 0 amide bonds. The molecule has 1 unspecified atom stereocenters. The number of hydrogen-bond donors (Lipinski definition) is 1. The number of nitrogens with one attached hydrogen (secondary N) is 1. The van der Waals surface area contributed by atoms with E-state index < -0.39 is 35.4 Å². The van der Waals surface area contributed by atoms with Crippen LogP contribution < -0.4 is 4.72 Å². The zero-order valence-electron chi connectivity index (χ0n) is 16.9. The maximum atomic E-state index is 13.4. The van der Waals surface area contributed by atoms with Crippen LogP contribution in [0.3, 0.4) is 0 Å². The van der Waals surface area contributed by atoms with Gasteiger partial charge in [0.2, 0.25) is 0 Å². The molecule has 1 N–H and O–H groups in total. The number of hydrogen-bond acceptors (Lipinski definition) is 3. The number of carbonyl (C=O) groups is 1. The summed E-state index contributed by atoms with van der Waals surface area (Å²) in [5, 5.41) is 0. The van der Waals surface area contributed by atoms with Gasteiger partial charge in [-0.05, 0) is 49.2 Å². The van der Waals surface area contributed by atoms with Gasteiger partial charge in [0.1, 0.15) is 5.78 Å². The summed E-state index contributed by atoms with van der Waals surface area (Å²) in [5.41, 5.74) is -1.29. The Balaban J connectivity index is 2.76. The molecule has 1 atom stereocenters. The summed E-state index contributed by atoms with van der Waals surface area (Å²) < 4.78 is 68.1. The van der Waals surface area contributed by atoms with E-state index in [1.165, 1.54) is 38.1 Å². The van der Waals surface area contributed by atoms with Crippen molar-refractivity contribution in [3.8, 4) is 0 Å². The van der Waals surface area contributed by atoms with Gasteiger partial charge < -0.3 is 0 Å². The number of benzene rings is 2. The van der Waals surface area contributed by atoms with E-state index >= 15 is 0 Å². The standard InChI is InChI=1S/C20H24F3NO3SSi/c1-13-11-15(20(21,22)23)12-17(18(13)19(14(2)25)29(3,4)5)24-28(26,27)16-9-7-6-8-10-16/h6-12,19,24H,1-5H3. The van der Waals surface area contributed by atoms with Gasteiger partial charge in [0.15, 0.2) is 0 Å². The number of sulfonamides is 1. The Morgan fingerprint density at radius 3 is 2.07 bits per heavy atom. The molecular formula is C20H24F3NO3SSi. The Labute approximate surface area is 170 Å². The van der Waals surface area contributed by atoms with Crippen LogP contribution in [0.2, 0.25) is 19.6 Å². The van der Waals surface area contributed by atoms with Gasteiger partial charge in [0.05, 0.1) is 24.2 Å². The lowest BCUT2D eigenvalue weighted by atomic mass is 9.98. The third-order valence-corrected chi connectivity index (χ3v) is 8.38. The van der Waals surface area contributed by atoms with Crippen LogP contribution in [0.5, 0.6) is 0 Å². The zero-order chi connectivity index (χ0) is 22.2. The lowest BCUT2D eigenvalue weighted by molar-refractivity contribution is -0.137. The molecule has 2 aromatic carbocycles. The minimum absolute atomic E-state index is 0.0756. The molecule has 0 bridgehead atoms. The quantitative estimate of drug-likeness (QED) is 0.611. The molecule has 2 rings (SSSR count). The number of ketones is 1. The number of alkyl halides is 3. The fourth-order valence-corrected chi connectivity index (χ4v) is 7.04. The molecule has 0 heterocycles. The Morgan fingerprint density at radius 2 is 1.62 bits per heavy atom. The Hall–Kier alpha value is -2.13. The molecule has 0 aliphatic carbocycles. The monoisotopic (exact) mass is 443 g/mol. The van der Waals surface area contributed by atoms with Gasteiger partial charge in [-0.2, -0.15) is 13.2 Å². The molecule has 0 saturated heterocycles. The number of halogens is 3.